The Morgan fingerprint density at radius 3 is 2.76 bits per heavy atom. The number of hydrogen-bond acceptors (Lipinski definition) is 3. The molecule has 1 heterocycles. The highest BCUT2D eigenvalue weighted by Gasteiger charge is 2.40. The van der Waals surface area contributed by atoms with Crippen LogP contribution in [0.1, 0.15) is 71.6 Å². The molecule has 4 heteroatoms. The van der Waals surface area contributed by atoms with Gasteiger partial charge in [-0.2, -0.15) is 0 Å². The number of ether oxygens (including phenoxy) is 1. The van der Waals surface area contributed by atoms with Crippen LogP contribution in [-0.2, 0) is 9.53 Å². The maximum atomic E-state index is 11.7. The first-order chi connectivity index (χ1) is 10.1. The first kappa shape index (κ1) is 16.8. The second-order valence-corrected chi connectivity index (χ2v) is 6.85. The van der Waals surface area contributed by atoms with Crippen molar-refractivity contribution in [3.63, 3.8) is 0 Å². The summed E-state index contributed by atoms with van der Waals surface area (Å²) in [4.78, 5) is 11.7. The predicted molar refractivity (Wildman–Crippen MR) is 85.3 cm³/mol. The third-order valence-electron chi connectivity index (χ3n) is 5.02. The van der Waals surface area contributed by atoms with Gasteiger partial charge in [0.15, 0.2) is 0 Å². The van der Waals surface area contributed by atoms with Crippen molar-refractivity contribution in [2.45, 2.75) is 89.4 Å². The molecule has 1 saturated heterocycles. The molecule has 1 spiro atoms. The van der Waals surface area contributed by atoms with Crippen molar-refractivity contribution < 1.29 is 9.53 Å². The van der Waals surface area contributed by atoms with E-state index in [0.717, 1.165) is 19.5 Å². The monoisotopic (exact) mass is 296 g/mol. The van der Waals surface area contributed by atoms with Crippen LogP contribution in [0.4, 0.5) is 0 Å². The summed E-state index contributed by atoms with van der Waals surface area (Å²) >= 11 is 0. The number of carbonyl (C=O) groups is 1. The molecule has 1 saturated carbocycles. The van der Waals surface area contributed by atoms with E-state index < -0.39 is 0 Å². The Labute approximate surface area is 129 Å². The van der Waals surface area contributed by atoms with Gasteiger partial charge in [0.05, 0.1) is 11.7 Å². The summed E-state index contributed by atoms with van der Waals surface area (Å²) in [6.45, 7) is 5.76. The molecule has 2 atom stereocenters. The molecule has 1 aliphatic heterocycles. The highest BCUT2D eigenvalue weighted by molar-refractivity contribution is 5.76. The molecule has 4 nitrogen and oxygen atoms in total. The van der Waals surface area contributed by atoms with Gasteiger partial charge in [0, 0.05) is 25.6 Å². The summed E-state index contributed by atoms with van der Waals surface area (Å²) in [7, 11) is 0. The van der Waals surface area contributed by atoms with Gasteiger partial charge in [0.25, 0.3) is 0 Å². The standard InChI is InChI=1S/C17H32N2O2/c1-3-14(2)19-16(20)8-12-18-13-15-7-11-17(21-15)9-5-4-6-10-17/h14-15,18H,3-13H2,1-2H3,(H,19,20). The van der Waals surface area contributed by atoms with E-state index in [9.17, 15) is 4.79 Å². The van der Waals surface area contributed by atoms with Crippen molar-refractivity contribution in [3.05, 3.63) is 0 Å². The molecular weight excluding hydrogens is 264 g/mol. The molecule has 2 N–H and O–H groups in total. The summed E-state index contributed by atoms with van der Waals surface area (Å²) in [5.74, 6) is 0.146. The van der Waals surface area contributed by atoms with Crippen LogP contribution in [0, 0.1) is 0 Å². The lowest BCUT2D eigenvalue weighted by atomic mass is 9.83. The molecule has 2 fully saturated rings. The van der Waals surface area contributed by atoms with Gasteiger partial charge in [-0.25, -0.2) is 0 Å². The molecule has 0 radical (unpaired) electrons. The summed E-state index contributed by atoms with van der Waals surface area (Å²) < 4.78 is 6.32. The highest BCUT2D eigenvalue weighted by atomic mass is 16.5. The van der Waals surface area contributed by atoms with Gasteiger partial charge >= 0.3 is 0 Å². The van der Waals surface area contributed by atoms with Crippen LogP contribution >= 0.6 is 0 Å². The summed E-state index contributed by atoms with van der Waals surface area (Å²) in [6, 6.07) is 0.279. The van der Waals surface area contributed by atoms with Gasteiger partial charge in [-0.1, -0.05) is 26.2 Å². The fourth-order valence-corrected chi connectivity index (χ4v) is 3.52. The van der Waals surface area contributed by atoms with Gasteiger partial charge in [0.2, 0.25) is 5.91 Å². The molecule has 0 aromatic heterocycles. The molecule has 21 heavy (non-hydrogen) atoms. The largest absolute Gasteiger partial charge is 0.370 e. The van der Waals surface area contributed by atoms with E-state index in [1.54, 1.807) is 0 Å². The molecule has 2 unspecified atom stereocenters. The van der Waals surface area contributed by atoms with Crippen molar-refractivity contribution in [2.75, 3.05) is 13.1 Å². The van der Waals surface area contributed by atoms with Crippen molar-refractivity contribution in [1.29, 1.82) is 0 Å². The molecule has 122 valence electrons. The van der Waals surface area contributed by atoms with Crippen molar-refractivity contribution >= 4 is 5.91 Å². The third kappa shape index (κ3) is 5.26. The van der Waals surface area contributed by atoms with Gasteiger partial charge in [-0.3, -0.25) is 4.79 Å². The number of hydrogen-bond donors (Lipinski definition) is 2. The maximum absolute atomic E-state index is 11.7. The smallest absolute Gasteiger partial charge is 0.221 e. The van der Waals surface area contributed by atoms with Crippen molar-refractivity contribution in [1.82, 2.24) is 10.6 Å². The third-order valence-corrected chi connectivity index (χ3v) is 5.02. The van der Waals surface area contributed by atoms with Crippen molar-refractivity contribution in [3.8, 4) is 0 Å². The Kier molecular flexibility index (Phi) is 6.49. The van der Waals surface area contributed by atoms with E-state index in [-0.39, 0.29) is 17.6 Å². The fraction of sp³-hybridized carbons (Fsp3) is 0.941. The summed E-state index contributed by atoms with van der Waals surface area (Å²) in [5, 5.41) is 6.38. The van der Waals surface area contributed by atoms with Gasteiger partial charge in [0.1, 0.15) is 0 Å². The lowest BCUT2D eigenvalue weighted by molar-refractivity contribution is -0.121. The second kappa shape index (κ2) is 8.14. The van der Waals surface area contributed by atoms with Gasteiger partial charge in [-0.05, 0) is 39.0 Å². The lowest BCUT2D eigenvalue weighted by Crippen LogP contribution is -2.37. The predicted octanol–water partition coefficient (Wildman–Crippen LogP) is 2.76. The Bertz CT molecular complexity index is 327. The number of carbonyl (C=O) groups excluding carboxylic acids is 1. The normalized spacial score (nSPS) is 25.9. The zero-order chi connectivity index (χ0) is 15.1. The minimum atomic E-state index is 0.146. The first-order valence-electron chi connectivity index (χ1n) is 8.81. The minimum Gasteiger partial charge on any atom is -0.370 e. The quantitative estimate of drug-likeness (QED) is 0.710. The Hall–Kier alpha value is -0.610. The van der Waals surface area contributed by atoms with Crippen LogP contribution in [0.5, 0.6) is 0 Å². The van der Waals surface area contributed by atoms with Crippen LogP contribution in [0.3, 0.4) is 0 Å². The fourth-order valence-electron chi connectivity index (χ4n) is 3.52. The van der Waals surface area contributed by atoms with Crippen LogP contribution in [0.15, 0.2) is 0 Å². The number of nitrogens with one attached hydrogen (secondary N) is 2. The van der Waals surface area contributed by atoms with Crippen molar-refractivity contribution in [2.24, 2.45) is 0 Å². The van der Waals surface area contributed by atoms with Gasteiger partial charge < -0.3 is 15.4 Å². The lowest BCUT2D eigenvalue weighted by Gasteiger charge is -2.33. The van der Waals surface area contributed by atoms with E-state index in [4.69, 9.17) is 4.74 Å². The molecule has 1 amide bonds. The molecule has 0 bridgehead atoms. The summed E-state index contributed by atoms with van der Waals surface area (Å²) in [5.41, 5.74) is 0.207. The van der Waals surface area contributed by atoms with E-state index in [2.05, 4.69) is 17.6 Å². The molecule has 2 rings (SSSR count). The number of rotatable bonds is 7. The van der Waals surface area contributed by atoms with E-state index >= 15 is 0 Å². The second-order valence-electron chi connectivity index (χ2n) is 6.85. The molecule has 1 aliphatic carbocycles. The SMILES string of the molecule is CCC(C)NC(=O)CCNCC1CCC2(CCCCC2)O1. The molecular formula is C17H32N2O2. The van der Waals surface area contributed by atoms with Crippen LogP contribution in [0.25, 0.3) is 0 Å². The Balaban J connectivity index is 1.56. The Morgan fingerprint density at radius 2 is 2.05 bits per heavy atom. The van der Waals surface area contributed by atoms with E-state index in [0.29, 0.717) is 12.5 Å². The van der Waals surface area contributed by atoms with E-state index in [1.807, 2.05) is 6.92 Å². The zero-order valence-electron chi connectivity index (χ0n) is 13.7. The summed E-state index contributed by atoms with van der Waals surface area (Å²) in [6.07, 6.45) is 10.8. The zero-order valence-corrected chi connectivity index (χ0v) is 13.7. The van der Waals surface area contributed by atoms with Crippen LogP contribution in [0.2, 0.25) is 0 Å². The molecule has 0 aromatic carbocycles. The average molecular weight is 296 g/mol. The highest BCUT2D eigenvalue weighted by Crippen LogP contribution is 2.41. The number of amides is 1. The molecule has 0 aromatic rings. The average Bonchev–Trinajstić information content (AvgIpc) is 2.87. The van der Waals surface area contributed by atoms with Gasteiger partial charge in [-0.15, -0.1) is 0 Å². The first-order valence-corrected chi connectivity index (χ1v) is 8.81. The van der Waals surface area contributed by atoms with E-state index in [1.165, 1.54) is 44.9 Å². The van der Waals surface area contributed by atoms with Crippen LogP contribution in [-0.4, -0.2) is 36.7 Å². The Morgan fingerprint density at radius 1 is 1.29 bits per heavy atom. The molecule has 2 aliphatic rings. The maximum Gasteiger partial charge on any atom is 0.221 e. The minimum absolute atomic E-state index is 0.146. The van der Waals surface area contributed by atoms with Crippen LogP contribution < -0.4 is 10.6 Å². The topological polar surface area (TPSA) is 50.4 Å².